The first kappa shape index (κ1) is 16.6. The van der Waals surface area contributed by atoms with Gasteiger partial charge in [0.05, 0.1) is 11.3 Å². The lowest BCUT2D eigenvalue weighted by atomic mass is 10.1. The van der Waals surface area contributed by atoms with Crippen LogP contribution in [0.1, 0.15) is 12.8 Å². The molecule has 0 aliphatic carbocycles. The second kappa shape index (κ2) is 6.17. The summed E-state index contributed by atoms with van der Waals surface area (Å²) in [5.41, 5.74) is 0. The summed E-state index contributed by atoms with van der Waals surface area (Å²) in [5, 5.41) is 0.103. The zero-order chi connectivity index (χ0) is 15.7. The van der Waals surface area contributed by atoms with E-state index in [1.807, 2.05) is 0 Å². The molecule has 21 heavy (non-hydrogen) atoms. The molecule has 0 saturated carbocycles. The van der Waals surface area contributed by atoms with Crippen molar-refractivity contribution in [2.75, 3.05) is 19.3 Å². The summed E-state index contributed by atoms with van der Waals surface area (Å²) in [4.78, 5) is 3.69. The topological polar surface area (TPSA) is 96.4 Å². The predicted molar refractivity (Wildman–Crippen MR) is 79.0 cm³/mol. The molecule has 1 aromatic heterocycles. The van der Waals surface area contributed by atoms with Crippen LogP contribution >= 0.6 is 11.6 Å². The monoisotopic (exact) mass is 353 g/mol. The van der Waals surface area contributed by atoms with Gasteiger partial charge in [0.2, 0.25) is 20.0 Å². The minimum atomic E-state index is -3.76. The van der Waals surface area contributed by atoms with Crippen molar-refractivity contribution in [3.63, 3.8) is 0 Å². The van der Waals surface area contributed by atoms with Crippen LogP contribution in [0.25, 0.3) is 0 Å². The van der Waals surface area contributed by atoms with Crippen molar-refractivity contribution < 1.29 is 16.8 Å². The van der Waals surface area contributed by atoms with Crippen LogP contribution in [-0.2, 0) is 20.0 Å². The van der Waals surface area contributed by atoms with Crippen molar-refractivity contribution in [2.45, 2.75) is 23.8 Å². The van der Waals surface area contributed by atoms with Crippen LogP contribution in [-0.4, -0.2) is 51.5 Å². The highest BCUT2D eigenvalue weighted by atomic mass is 35.5. The molecule has 0 spiro atoms. The molecule has 118 valence electrons. The molecule has 0 unspecified atom stereocenters. The molecule has 0 atom stereocenters. The second-order valence-electron chi connectivity index (χ2n) is 4.86. The normalized spacial score (nSPS) is 18.8. The lowest BCUT2D eigenvalue weighted by Gasteiger charge is -2.30. The Morgan fingerprint density at radius 1 is 1.29 bits per heavy atom. The molecule has 0 amide bonds. The maximum atomic E-state index is 12.2. The van der Waals surface area contributed by atoms with Gasteiger partial charge in [-0.1, -0.05) is 11.6 Å². The zero-order valence-electron chi connectivity index (χ0n) is 11.4. The van der Waals surface area contributed by atoms with Gasteiger partial charge in [0.25, 0.3) is 0 Å². The Labute approximate surface area is 129 Å². The minimum absolute atomic E-state index is 0.0720. The first-order valence-electron chi connectivity index (χ1n) is 6.27. The highest BCUT2D eigenvalue weighted by Crippen LogP contribution is 2.21. The Balaban J connectivity index is 2.05. The number of hydrogen-bond acceptors (Lipinski definition) is 5. The van der Waals surface area contributed by atoms with Crippen LogP contribution in [0, 0.1) is 0 Å². The largest absolute Gasteiger partial charge is 0.263 e. The number of nitrogens with zero attached hydrogens (tertiary/aromatic N) is 2. The van der Waals surface area contributed by atoms with Crippen molar-refractivity contribution >= 4 is 31.6 Å². The maximum Gasteiger partial charge on any atom is 0.243 e. The Morgan fingerprint density at radius 3 is 2.43 bits per heavy atom. The average molecular weight is 354 g/mol. The van der Waals surface area contributed by atoms with E-state index in [-0.39, 0.29) is 16.0 Å². The van der Waals surface area contributed by atoms with Gasteiger partial charge in [-0.05, 0) is 18.9 Å². The van der Waals surface area contributed by atoms with E-state index in [1.54, 1.807) is 0 Å². The van der Waals surface area contributed by atoms with Gasteiger partial charge in [0.15, 0.2) is 0 Å². The van der Waals surface area contributed by atoms with E-state index in [0.717, 1.165) is 6.26 Å². The SMILES string of the molecule is CS(=O)(=O)N1CCC(NS(=O)(=O)c2cnccc2Cl)CC1. The van der Waals surface area contributed by atoms with E-state index in [4.69, 9.17) is 11.6 Å². The van der Waals surface area contributed by atoms with E-state index < -0.39 is 20.0 Å². The number of piperidine rings is 1. The number of halogens is 1. The second-order valence-corrected chi connectivity index (χ2v) is 8.94. The van der Waals surface area contributed by atoms with Gasteiger partial charge < -0.3 is 0 Å². The summed E-state index contributed by atoms with van der Waals surface area (Å²) in [6, 6.07) is 1.09. The lowest BCUT2D eigenvalue weighted by Crippen LogP contribution is -2.46. The van der Waals surface area contributed by atoms with Gasteiger partial charge in [-0.15, -0.1) is 0 Å². The average Bonchev–Trinajstić information content (AvgIpc) is 2.38. The van der Waals surface area contributed by atoms with Crippen LogP contribution in [0.15, 0.2) is 23.4 Å². The van der Waals surface area contributed by atoms with Gasteiger partial charge in [-0.25, -0.2) is 25.9 Å². The number of aromatic nitrogens is 1. The van der Waals surface area contributed by atoms with Crippen LogP contribution in [0.2, 0.25) is 5.02 Å². The molecule has 1 fully saturated rings. The fourth-order valence-electron chi connectivity index (χ4n) is 2.15. The zero-order valence-corrected chi connectivity index (χ0v) is 13.7. The molecule has 1 aliphatic rings. The summed E-state index contributed by atoms with van der Waals surface area (Å²) in [5.74, 6) is 0. The predicted octanol–water partition coefficient (Wildman–Crippen LogP) is 0.437. The molecule has 2 heterocycles. The van der Waals surface area contributed by atoms with E-state index >= 15 is 0 Å². The fourth-order valence-corrected chi connectivity index (χ4v) is 4.76. The fraction of sp³-hybridized carbons (Fsp3) is 0.545. The third-order valence-corrected chi connectivity index (χ3v) is 6.56. The van der Waals surface area contributed by atoms with Crippen LogP contribution in [0.4, 0.5) is 0 Å². The van der Waals surface area contributed by atoms with E-state index in [2.05, 4.69) is 9.71 Å². The number of hydrogen-bond donors (Lipinski definition) is 1. The van der Waals surface area contributed by atoms with Gasteiger partial charge in [0.1, 0.15) is 4.90 Å². The molecule has 1 N–H and O–H groups in total. The van der Waals surface area contributed by atoms with E-state index in [9.17, 15) is 16.8 Å². The molecule has 7 nitrogen and oxygen atoms in total. The molecule has 0 radical (unpaired) electrons. The summed E-state index contributed by atoms with van der Waals surface area (Å²) >= 11 is 5.86. The molecular weight excluding hydrogens is 338 g/mol. The van der Waals surface area contributed by atoms with E-state index in [1.165, 1.54) is 22.8 Å². The van der Waals surface area contributed by atoms with Crippen molar-refractivity contribution in [3.8, 4) is 0 Å². The van der Waals surface area contributed by atoms with Crippen molar-refractivity contribution in [2.24, 2.45) is 0 Å². The Morgan fingerprint density at radius 2 is 1.90 bits per heavy atom. The van der Waals surface area contributed by atoms with Gasteiger partial charge >= 0.3 is 0 Å². The Kier molecular flexibility index (Phi) is 4.89. The standard InChI is InChI=1S/C11H16ClN3O4S2/c1-20(16,17)15-6-3-9(4-7-15)14-21(18,19)11-8-13-5-2-10(11)12/h2,5,8-9,14H,3-4,6-7H2,1H3. The third kappa shape index (κ3) is 4.13. The van der Waals surface area contributed by atoms with Crippen LogP contribution < -0.4 is 4.72 Å². The Hall–Kier alpha value is -0.740. The molecule has 10 heteroatoms. The number of nitrogens with one attached hydrogen (secondary N) is 1. The van der Waals surface area contributed by atoms with Crippen molar-refractivity contribution in [1.82, 2.24) is 14.0 Å². The first-order valence-corrected chi connectivity index (χ1v) is 9.98. The first-order chi connectivity index (χ1) is 9.70. The van der Waals surface area contributed by atoms with Crippen LogP contribution in [0.5, 0.6) is 0 Å². The molecule has 2 rings (SSSR count). The van der Waals surface area contributed by atoms with Crippen LogP contribution in [0.3, 0.4) is 0 Å². The Bertz CT molecular complexity index is 713. The molecule has 0 aromatic carbocycles. The number of sulfonamides is 2. The third-order valence-electron chi connectivity index (χ3n) is 3.27. The molecule has 0 bridgehead atoms. The summed E-state index contributed by atoms with van der Waals surface area (Å²) < 4.78 is 51.2. The lowest BCUT2D eigenvalue weighted by molar-refractivity contribution is 0.310. The molecular formula is C11H16ClN3O4S2. The summed E-state index contributed by atoms with van der Waals surface area (Å²) in [7, 11) is -6.98. The highest BCUT2D eigenvalue weighted by Gasteiger charge is 2.28. The quantitative estimate of drug-likeness (QED) is 0.847. The molecule has 1 aromatic rings. The van der Waals surface area contributed by atoms with Gasteiger partial charge in [-0.3, -0.25) is 4.98 Å². The highest BCUT2D eigenvalue weighted by molar-refractivity contribution is 7.89. The smallest absolute Gasteiger partial charge is 0.243 e. The number of pyridine rings is 1. The number of rotatable bonds is 4. The summed E-state index contributed by atoms with van der Waals surface area (Å²) in [6.45, 7) is 0.597. The van der Waals surface area contributed by atoms with Crippen molar-refractivity contribution in [3.05, 3.63) is 23.5 Å². The van der Waals surface area contributed by atoms with Gasteiger partial charge in [0, 0.05) is 31.5 Å². The maximum absolute atomic E-state index is 12.2. The minimum Gasteiger partial charge on any atom is -0.263 e. The van der Waals surface area contributed by atoms with Crippen molar-refractivity contribution in [1.29, 1.82) is 0 Å². The van der Waals surface area contributed by atoms with E-state index in [0.29, 0.717) is 25.9 Å². The summed E-state index contributed by atoms with van der Waals surface area (Å²) in [6.07, 6.45) is 4.59. The molecule has 1 aliphatic heterocycles. The van der Waals surface area contributed by atoms with Gasteiger partial charge in [-0.2, -0.15) is 0 Å². The molecule has 1 saturated heterocycles.